The highest BCUT2D eigenvalue weighted by Gasteiger charge is 2.23. The van der Waals surface area contributed by atoms with Crippen LogP contribution in [0.5, 0.6) is 0 Å². The second-order valence-electron chi connectivity index (χ2n) is 9.58. The van der Waals surface area contributed by atoms with Gasteiger partial charge in [0.15, 0.2) is 0 Å². The first kappa shape index (κ1) is 22.3. The highest BCUT2D eigenvalue weighted by atomic mass is 15.3. The highest BCUT2D eigenvalue weighted by molar-refractivity contribution is 5.84. The molecule has 0 unspecified atom stereocenters. The first-order valence-corrected chi connectivity index (χ1v) is 13.0. The minimum atomic E-state index is 0.969. The first-order valence-electron chi connectivity index (χ1n) is 13.0. The van der Waals surface area contributed by atoms with E-state index in [4.69, 9.17) is 5.10 Å². The van der Waals surface area contributed by atoms with Gasteiger partial charge in [-0.3, -0.25) is 4.98 Å². The van der Waals surface area contributed by atoms with E-state index in [1.165, 1.54) is 22.5 Å². The Balaban J connectivity index is 1.37. The van der Waals surface area contributed by atoms with Crippen LogP contribution in [0, 0.1) is 0 Å². The van der Waals surface area contributed by atoms with Crippen molar-refractivity contribution in [2.45, 2.75) is 12.8 Å². The molecule has 1 aliphatic rings. The molecule has 3 heterocycles. The lowest BCUT2D eigenvalue weighted by atomic mass is 10.0. The van der Waals surface area contributed by atoms with E-state index in [1.807, 2.05) is 35.3 Å². The van der Waals surface area contributed by atoms with E-state index in [2.05, 4.69) is 113 Å². The zero-order valence-corrected chi connectivity index (χ0v) is 20.9. The third-order valence-corrected chi connectivity index (χ3v) is 7.23. The molecule has 0 aliphatic carbocycles. The Morgan fingerprint density at radius 3 is 2.21 bits per heavy atom. The zero-order valence-electron chi connectivity index (χ0n) is 20.9. The topological polar surface area (TPSA) is 34.0 Å². The molecule has 0 fully saturated rings. The summed E-state index contributed by atoms with van der Waals surface area (Å²) in [6.45, 7) is 0. The van der Waals surface area contributed by atoms with Crippen LogP contribution in [0.1, 0.15) is 11.1 Å². The van der Waals surface area contributed by atoms with Gasteiger partial charge in [-0.2, -0.15) is 5.10 Å². The van der Waals surface area contributed by atoms with Gasteiger partial charge in [0, 0.05) is 34.9 Å². The number of anilines is 3. The number of nitrogens with zero attached hydrogens (tertiary/aromatic N) is 4. The van der Waals surface area contributed by atoms with E-state index in [-0.39, 0.29) is 0 Å². The number of hydrogen-bond acceptors (Lipinski definition) is 3. The summed E-state index contributed by atoms with van der Waals surface area (Å²) in [6.07, 6.45) is 7.87. The molecule has 1 aliphatic heterocycles. The molecule has 7 rings (SSSR count). The third kappa shape index (κ3) is 4.06. The van der Waals surface area contributed by atoms with Gasteiger partial charge in [-0.1, -0.05) is 72.8 Å². The van der Waals surface area contributed by atoms with Crippen molar-refractivity contribution in [3.8, 4) is 28.1 Å². The molecule has 0 saturated heterocycles. The molecule has 0 bridgehead atoms. The van der Waals surface area contributed by atoms with Crippen LogP contribution in [0.4, 0.5) is 17.1 Å². The SMILES string of the molecule is c1ccc(-c2cnn(-c3ccc4c(c3)N(c3cccc(-c5ccccn5)c3)c3ccccc3CC4)c2)cc1. The van der Waals surface area contributed by atoms with Gasteiger partial charge in [0.25, 0.3) is 0 Å². The summed E-state index contributed by atoms with van der Waals surface area (Å²) in [5, 5.41) is 4.72. The monoisotopic (exact) mass is 490 g/mol. The van der Waals surface area contributed by atoms with Crippen LogP contribution in [0.25, 0.3) is 28.1 Å². The third-order valence-electron chi connectivity index (χ3n) is 7.23. The lowest BCUT2D eigenvalue weighted by Gasteiger charge is -2.28. The molecule has 4 aromatic carbocycles. The fourth-order valence-electron chi connectivity index (χ4n) is 5.31. The van der Waals surface area contributed by atoms with Crippen molar-refractivity contribution in [3.63, 3.8) is 0 Å². The summed E-state index contributed by atoms with van der Waals surface area (Å²) >= 11 is 0. The Morgan fingerprint density at radius 2 is 1.34 bits per heavy atom. The van der Waals surface area contributed by atoms with Gasteiger partial charge in [0.2, 0.25) is 0 Å². The number of hydrogen-bond donors (Lipinski definition) is 0. The van der Waals surface area contributed by atoms with Crippen molar-refractivity contribution in [1.29, 1.82) is 0 Å². The van der Waals surface area contributed by atoms with Crippen LogP contribution >= 0.6 is 0 Å². The van der Waals surface area contributed by atoms with E-state index in [1.54, 1.807) is 0 Å². The second-order valence-corrected chi connectivity index (χ2v) is 9.58. The maximum atomic E-state index is 4.72. The van der Waals surface area contributed by atoms with Crippen LogP contribution < -0.4 is 4.90 Å². The molecule has 0 radical (unpaired) electrons. The summed E-state index contributed by atoms with van der Waals surface area (Å²) in [5.74, 6) is 0. The zero-order chi connectivity index (χ0) is 25.3. The number of aryl methyl sites for hydroxylation is 2. The van der Waals surface area contributed by atoms with Crippen molar-refractivity contribution in [3.05, 3.63) is 145 Å². The van der Waals surface area contributed by atoms with Gasteiger partial charge in [-0.15, -0.1) is 0 Å². The molecule has 4 heteroatoms. The van der Waals surface area contributed by atoms with Gasteiger partial charge < -0.3 is 4.90 Å². The van der Waals surface area contributed by atoms with Gasteiger partial charge in [0.05, 0.1) is 23.3 Å². The summed E-state index contributed by atoms with van der Waals surface area (Å²) < 4.78 is 1.97. The van der Waals surface area contributed by atoms with Crippen LogP contribution in [0.15, 0.2) is 134 Å². The summed E-state index contributed by atoms with van der Waals surface area (Å²) in [7, 11) is 0. The van der Waals surface area contributed by atoms with E-state index in [9.17, 15) is 0 Å². The number of benzene rings is 4. The summed E-state index contributed by atoms with van der Waals surface area (Å²) in [4.78, 5) is 6.99. The van der Waals surface area contributed by atoms with Crippen molar-refractivity contribution in [2.75, 3.05) is 4.90 Å². The van der Waals surface area contributed by atoms with E-state index < -0.39 is 0 Å². The van der Waals surface area contributed by atoms with Crippen LogP contribution in [0.2, 0.25) is 0 Å². The van der Waals surface area contributed by atoms with Crippen molar-refractivity contribution in [1.82, 2.24) is 14.8 Å². The van der Waals surface area contributed by atoms with Crippen LogP contribution in [-0.2, 0) is 12.8 Å². The van der Waals surface area contributed by atoms with Gasteiger partial charge in [-0.05, 0) is 72.0 Å². The minimum absolute atomic E-state index is 0.969. The molecule has 0 saturated carbocycles. The first-order chi connectivity index (χ1) is 18.8. The average molecular weight is 491 g/mol. The molecule has 38 heavy (non-hydrogen) atoms. The number of para-hydroxylation sites is 1. The average Bonchev–Trinajstić information content (AvgIpc) is 3.42. The molecule has 0 amide bonds. The Bertz CT molecular complexity index is 1720. The number of aromatic nitrogens is 3. The quantitative estimate of drug-likeness (QED) is 0.250. The molecular weight excluding hydrogens is 464 g/mol. The van der Waals surface area contributed by atoms with Crippen molar-refractivity contribution in [2.24, 2.45) is 0 Å². The molecule has 182 valence electrons. The number of pyridine rings is 1. The fraction of sp³-hybridized carbons (Fsp3) is 0.0588. The maximum Gasteiger partial charge on any atom is 0.0702 e. The van der Waals surface area contributed by atoms with Crippen LogP contribution in [0.3, 0.4) is 0 Å². The van der Waals surface area contributed by atoms with Crippen molar-refractivity contribution >= 4 is 17.1 Å². The second kappa shape index (κ2) is 9.49. The van der Waals surface area contributed by atoms with E-state index in [0.717, 1.165) is 46.6 Å². The summed E-state index contributed by atoms with van der Waals surface area (Å²) in [5.41, 5.74) is 11.6. The van der Waals surface area contributed by atoms with E-state index >= 15 is 0 Å². The molecule has 4 nitrogen and oxygen atoms in total. The molecular formula is C34H26N4. The van der Waals surface area contributed by atoms with Crippen LogP contribution in [-0.4, -0.2) is 14.8 Å². The summed E-state index contributed by atoms with van der Waals surface area (Å²) in [6, 6.07) is 40.6. The molecule has 0 atom stereocenters. The standard InChI is InChI=1S/C34H26N4/c1-2-9-25(10-3-1)29-23-36-37(24-29)30-19-18-27-17-16-26-11-4-5-15-33(26)38(34(27)22-30)31-13-8-12-28(21-31)32-14-6-7-20-35-32/h1-15,18-24H,16-17H2. The Kier molecular flexibility index (Phi) is 5.56. The smallest absolute Gasteiger partial charge is 0.0702 e. The maximum absolute atomic E-state index is 4.72. The Morgan fingerprint density at radius 1 is 0.553 bits per heavy atom. The Hall–Kier alpha value is -4.96. The van der Waals surface area contributed by atoms with Gasteiger partial charge in [-0.25, -0.2) is 4.68 Å². The molecule has 0 spiro atoms. The molecule has 0 N–H and O–H groups in total. The lowest BCUT2D eigenvalue weighted by molar-refractivity contribution is 0.878. The lowest BCUT2D eigenvalue weighted by Crippen LogP contribution is -2.12. The predicted molar refractivity (Wildman–Crippen MR) is 154 cm³/mol. The molecule has 2 aromatic heterocycles. The van der Waals surface area contributed by atoms with Gasteiger partial charge in [0.1, 0.15) is 0 Å². The fourth-order valence-corrected chi connectivity index (χ4v) is 5.31. The predicted octanol–water partition coefficient (Wildman–Crippen LogP) is 8.17. The highest BCUT2D eigenvalue weighted by Crippen LogP contribution is 2.43. The Labute approximate surface area is 222 Å². The largest absolute Gasteiger partial charge is 0.310 e. The van der Waals surface area contributed by atoms with Gasteiger partial charge >= 0.3 is 0 Å². The minimum Gasteiger partial charge on any atom is -0.310 e. The molecule has 6 aromatic rings. The number of fused-ring (bicyclic) bond motifs is 2. The normalized spacial score (nSPS) is 12.5. The number of rotatable bonds is 4. The van der Waals surface area contributed by atoms with Crippen molar-refractivity contribution < 1.29 is 0 Å². The van der Waals surface area contributed by atoms with E-state index in [0.29, 0.717) is 0 Å².